The molecule has 2 heterocycles. The Balaban J connectivity index is 1.78. The van der Waals surface area contributed by atoms with Gasteiger partial charge in [-0.05, 0) is 37.1 Å². The van der Waals surface area contributed by atoms with Crippen LogP contribution in [0.2, 0.25) is 0 Å². The van der Waals surface area contributed by atoms with Crippen LogP contribution in [0.15, 0.2) is 30.5 Å². The van der Waals surface area contributed by atoms with Gasteiger partial charge in [-0.3, -0.25) is 9.59 Å². The Labute approximate surface area is 121 Å². The number of amides is 1. The summed E-state index contributed by atoms with van der Waals surface area (Å²) in [4.78, 5) is 22.8. The largest absolute Gasteiger partial charge is 0.480 e. The number of carboxylic acids is 1. The standard InChI is InChI=1S/C15H16N2O4/c18-14(19)9-17-6-5-10-8-11(3-4-12(10)17)16-15(20)13-2-1-7-21-13/h3-6,8,13H,1-2,7,9H2,(H,16,20)(H,18,19). The highest BCUT2D eigenvalue weighted by Crippen LogP contribution is 2.22. The molecule has 1 aliphatic heterocycles. The third kappa shape index (κ3) is 2.90. The van der Waals surface area contributed by atoms with Gasteiger partial charge in [-0.15, -0.1) is 0 Å². The van der Waals surface area contributed by atoms with Crippen molar-refractivity contribution in [2.45, 2.75) is 25.5 Å². The molecule has 0 aliphatic carbocycles. The van der Waals surface area contributed by atoms with Crippen molar-refractivity contribution >= 4 is 28.5 Å². The minimum absolute atomic E-state index is 0.0783. The molecule has 2 aromatic rings. The van der Waals surface area contributed by atoms with Crippen LogP contribution in [0.4, 0.5) is 5.69 Å². The second-order valence-electron chi connectivity index (χ2n) is 5.10. The summed E-state index contributed by atoms with van der Waals surface area (Å²) in [6.45, 7) is 0.556. The molecule has 1 saturated heterocycles. The van der Waals surface area contributed by atoms with Gasteiger partial charge in [0.1, 0.15) is 12.6 Å². The van der Waals surface area contributed by atoms with Crippen LogP contribution in [-0.4, -0.2) is 34.3 Å². The molecule has 21 heavy (non-hydrogen) atoms. The van der Waals surface area contributed by atoms with Crippen molar-refractivity contribution in [3.8, 4) is 0 Å². The molecular weight excluding hydrogens is 272 g/mol. The number of nitrogens with one attached hydrogen (secondary N) is 1. The van der Waals surface area contributed by atoms with Gasteiger partial charge in [-0.2, -0.15) is 0 Å². The van der Waals surface area contributed by atoms with Gasteiger partial charge in [-0.1, -0.05) is 0 Å². The molecule has 0 radical (unpaired) electrons. The van der Waals surface area contributed by atoms with Crippen LogP contribution in [0, 0.1) is 0 Å². The van der Waals surface area contributed by atoms with Crippen molar-refractivity contribution in [3.63, 3.8) is 0 Å². The average Bonchev–Trinajstić information content (AvgIpc) is 3.08. The van der Waals surface area contributed by atoms with Crippen molar-refractivity contribution in [1.82, 2.24) is 4.57 Å². The molecule has 6 heteroatoms. The monoisotopic (exact) mass is 288 g/mol. The van der Waals surface area contributed by atoms with Gasteiger partial charge in [0.15, 0.2) is 0 Å². The first-order valence-corrected chi connectivity index (χ1v) is 6.86. The summed E-state index contributed by atoms with van der Waals surface area (Å²) in [5.74, 6) is -1.01. The number of aliphatic carboxylic acids is 1. The smallest absolute Gasteiger partial charge is 0.323 e. The van der Waals surface area contributed by atoms with E-state index >= 15 is 0 Å². The van der Waals surface area contributed by atoms with Crippen LogP contribution >= 0.6 is 0 Å². The van der Waals surface area contributed by atoms with E-state index in [4.69, 9.17) is 9.84 Å². The minimum atomic E-state index is -0.886. The lowest BCUT2D eigenvalue weighted by Gasteiger charge is -2.10. The normalized spacial score (nSPS) is 18.0. The maximum absolute atomic E-state index is 12.0. The molecule has 0 saturated carbocycles. The summed E-state index contributed by atoms with van der Waals surface area (Å²) in [5.41, 5.74) is 1.52. The van der Waals surface area contributed by atoms with Gasteiger partial charge in [0.25, 0.3) is 5.91 Å². The van der Waals surface area contributed by atoms with Crippen molar-refractivity contribution in [3.05, 3.63) is 30.5 Å². The maximum Gasteiger partial charge on any atom is 0.323 e. The van der Waals surface area contributed by atoms with E-state index < -0.39 is 5.97 Å². The summed E-state index contributed by atoms with van der Waals surface area (Å²) in [6.07, 6.45) is 3.03. The average molecular weight is 288 g/mol. The van der Waals surface area contributed by atoms with Gasteiger partial charge in [0, 0.05) is 29.4 Å². The van der Waals surface area contributed by atoms with Gasteiger partial charge < -0.3 is 19.7 Å². The number of ether oxygens (including phenoxy) is 1. The lowest BCUT2D eigenvalue weighted by Crippen LogP contribution is -2.26. The predicted octanol–water partition coefficient (Wildman–Crippen LogP) is 1.84. The number of benzene rings is 1. The van der Waals surface area contributed by atoms with E-state index in [1.807, 2.05) is 18.2 Å². The third-order valence-corrected chi connectivity index (χ3v) is 3.57. The summed E-state index contributed by atoms with van der Waals surface area (Å²) < 4.78 is 7.00. The van der Waals surface area contributed by atoms with Crippen LogP contribution in [0.1, 0.15) is 12.8 Å². The molecule has 2 N–H and O–H groups in total. The summed E-state index contributed by atoms with van der Waals surface area (Å²) >= 11 is 0. The zero-order chi connectivity index (χ0) is 14.8. The number of fused-ring (bicyclic) bond motifs is 1. The number of hydrogen-bond acceptors (Lipinski definition) is 3. The molecule has 1 unspecified atom stereocenters. The Morgan fingerprint density at radius 2 is 2.24 bits per heavy atom. The van der Waals surface area contributed by atoms with E-state index in [1.54, 1.807) is 16.8 Å². The highest BCUT2D eigenvalue weighted by molar-refractivity contribution is 5.96. The molecule has 0 bridgehead atoms. The zero-order valence-corrected chi connectivity index (χ0v) is 11.4. The molecule has 0 spiro atoms. The first-order valence-electron chi connectivity index (χ1n) is 6.86. The van der Waals surface area contributed by atoms with E-state index in [0.29, 0.717) is 12.3 Å². The fourth-order valence-electron chi connectivity index (χ4n) is 2.57. The molecule has 3 rings (SSSR count). The van der Waals surface area contributed by atoms with E-state index in [2.05, 4.69) is 5.32 Å². The Morgan fingerprint density at radius 3 is 2.95 bits per heavy atom. The topological polar surface area (TPSA) is 80.6 Å². The fourth-order valence-corrected chi connectivity index (χ4v) is 2.57. The SMILES string of the molecule is O=C(O)Cn1ccc2cc(NC(=O)C3CCCO3)ccc21. The highest BCUT2D eigenvalue weighted by Gasteiger charge is 2.23. The fraction of sp³-hybridized carbons (Fsp3) is 0.333. The lowest BCUT2D eigenvalue weighted by molar-refractivity contribution is -0.137. The minimum Gasteiger partial charge on any atom is -0.480 e. The highest BCUT2D eigenvalue weighted by atomic mass is 16.5. The molecule has 1 atom stereocenters. The second-order valence-corrected chi connectivity index (χ2v) is 5.10. The van der Waals surface area contributed by atoms with E-state index in [-0.39, 0.29) is 18.6 Å². The van der Waals surface area contributed by atoms with E-state index in [9.17, 15) is 9.59 Å². The van der Waals surface area contributed by atoms with Crippen LogP contribution in [-0.2, 0) is 20.9 Å². The molecule has 1 aliphatic rings. The number of rotatable bonds is 4. The Bertz CT molecular complexity index is 686. The van der Waals surface area contributed by atoms with Crippen molar-refractivity contribution in [1.29, 1.82) is 0 Å². The second kappa shape index (κ2) is 5.57. The van der Waals surface area contributed by atoms with Crippen LogP contribution in [0.5, 0.6) is 0 Å². The Morgan fingerprint density at radius 1 is 1.38 bits per heavy atom. The first-order chi connectivity index (χ1) is 10.1. The number of carbonyl (C=O) groups is 2. The van der Waals surface area contributed by atoms with Gasteiger partial charge in [0.2, 0.25) is 0 Å². The third-order valence-electron chi connectivity index (χ3n) is 3.57. The van der Waals surface area contributed by atoms with Gasteiger partial charge in [0.05, 0.1) is 0 Å². The number of hydrogen-bond donors (Lipinski definition) is 2. The summed E-state index contributed by atoms with van der Waals surface area (Å²) in [6, 6.07) is 7.25. The Hall–Kier alpha value is -2.34. The first kappa shape index (κ1) is 13.6. The van der Waals surface area contributed by atoms with Crippen molar-refractivity contribution < 1.29 is 19.4 Å². The van der Waals surface area contributed by atoms with Gasteiger partial charge >= 0.3 is 5.97 Å². The van der Waals surface area contributed by atoms with E-state index in [0.717, 1.165) is 23.7 Å². The quantitative estimate of drug-likeness (QED) is 0.899. The summed E-state index contributed by atoms with van der Waals surface area (Å²) in [5, 5.41) is 12.6. The molecule has 1 aromatic heterocycles. The molecule has 6 nitrogen and oxygen atoms in total. The van der Waals surface area contributed by atoms with Crippen molar-refractivity contribution in [2.75, 3.05) is 11.9 Å². The molecular formula is C15H16N2O4. The van der Waals surface area contributed by atoms with Crippen LogP contribution in [0.25, 0.3) is 10.9 Å². The van der Waals surface area contributed by atoms with E-state index in [1.165, 1.54) is 0 Å². The molecule has 1 amide bonds. The number of carboxylic acid groups (broad SMARTS) is 1. The van der Waals surface area contributed by atoms with Gasteiger partial charge in [-0.25, -0.2) is 0 Å². The number of carbonyl (C=O) groups excluding carboxylic acids is 1. The number of nitrogens with zero attached hydrogens (tertiary/aromatic N) is 1. The molecule has 110 valence electrons. The summed E-state index contributed by atoms with van der Waals surface area (Å²) in [7, 11) is 0. The zero-order valence-electron chi connectivity index (χ0n) is 11.4. The Kier molecular flexibility index (Phi) is 3.62. The maximum atomic E-state index is 12.0. The van der Waals surface area contributed by atoms with Crippen LogP contribution in [0.3, 0.4) is 0 Å². The molecule has 1 aromatic carbocycles. The molecule has 1 fully saturated rings. The number of anilines is 1. The van der Waals surface area contributed by atoms with Crippen molar-refractivity contribution in [2.24, 2.45) is 0 Å². The lowest BCUT2D eigenvalue weighted by atomic mass is 10.2. The van der Waals surface area contributed by atoms with Crippen LogP contribution < -0.4 is 5.32 Å². The number of aromatic nitrogens is 1. The predicted molar refractivity (Wildman–Crippen MR) is 77.2 cm³/mol.